The van der Waals surface area contributed by atoms with Gasteiger partial charge in [-0.05, 0) is 73.4 Å². The number of hydrogen-bond donors (Lipinski definition) is 3. The van der Waals surface area contributed by atoms with Crippen molar-refractivity contribution in [1.29, 1.82) is 0 Å². The highest BCUT2D eigenvalue weighted by Crippen LogP contribution is 2.26. The zero-order chi connectivity index (χ0) is 24.8. The molecule has 1 aliphatic rings. The first-order chi connectivity index (χ1) is 16.8. The highest BCUT2D eigenvalue weighted by molar-refractivity contribution is 7.92. The molecule has 35 heavy (non-hydrogen) atoms. The summed E-state index contributed by atoms with van der Waals surface area (Å²) in [5.41, 5.74) is 3.15. The lowest BCUT2D eigenvalue weighted by atomic mass is 10.1. The van der Waals surface area contributed by atoms with Gasteiger partial charge in [0.2, 0.25) is 5.91 Å². The Morgan fingerprint density at radius 1 is 0.886 bits per heavy atom. The normalized spacial score (nSPS) is 13.9. The van der Waals surface area contributed by atoms with E-state index < -0.39 is 15.9 Å². The van der Waals surface area contributed by atoms with E-state index in [1.165, 1.54) is 12.1 Å². The van der Waals surface area contributed by atoms with Crippen molar-refractivity contribution in [1.82, 2.24) is 5.32 Å². The van der Waals surface area contributed by atoms with E-state index in [-0.39, 0.29) is 28.8 Å². The maximum atomic E-state index is 12.8. The van der Waals surface area contributed by atoms with Crippen LogP contribution in [0.15, 0.2) is 77.7 Å². The first-order valence-electron chi connectivity index (χ1n) is 11.7. The monoisotopic (exact) mass is 491 g/mol. The van der Waals surface area contributed by atoms with E-state index in [0.29, 0.717) is 11.4 Å². The van der Waals surface area contributed by atoms with E-state index in [1.54, 1.807) is 30.3 Å². The molecule has 3 aromatic carbocycles. The summed E-state index contributed by atoms with van der Waals surface area (Å²) in [7, 11) is -3.85. The van der Waals surface area contributed by atoms with Crippen molar-refractivity contribution in [3.63, 3.8) is 0 Å². The first kappa shape index (κ1) is 24.5. The average molecular weight is 492 g/mol. The number of carbonyl (C=O) groups is 2. The number of anilines is 2. The Labute approximate surface area is 206 Å². The summed E-state index contributed by atoms with van der Waals surface area (Å²) < 4.78 is 28.2. The van der Waals surface area contributed by atoms with Crippen molar-refractivity contribution in [2.24, 2.45) is 5.92 Å². The highest BCUT2D eigenvalue weighted by atomic mass is 32.2. The topological polar surface area (TPSA) is 104 Å². The molecule has 3 aromatic rings. The summed E-state index contributed by atoms with van der Waals surface area (Å²) in [6.45, 7) is 2.12. The second kappa shape index (κ2) is 10.7. The second-order valence-corrected chi connectivity index (χ2v) is 10.5. The molecule has 0 unspecified atom stereocenters. The number of hydrogen-bond acceptors (Lipinski definition) is 4. The lowest BCUT2D eigenvalue weighted by molar-refractivity contribution is -0.119. The van der Waals surface area contributed by atoms with Crippen LogP contribution < -0.4 is 15.4 Å². The average Bonchev–Trinajstić information content (AvgIpc) is 3.38. The minimum atomic E-state index is -3.85. The standard InChI is InChI=1S/C27H29N3O4S/c1-19-7-4-13-24(15-19)30-35(33,34)25-14-6-11-22(17-25)26(31)28-18-20-8-5-12-23(16-20)29-27(32)21-9-2-3-10-21/h4-8,11-17,21,30H,2-3,9-10,18H2,1H3,(H,28,31)(H,29,32). The molecule has 0 heterocycles. The van der Waals surface area contributed by atoms with E-state index in [0.717, 1.165) is 36.8 Å². The second-order valence-electron chi connectivity index (χ2n) is 8.86. The molecule has 0 aliphatic heterocycles. The number of amides is 2. The summed E-state index contributed by atoms with van der Waals surface area (Å²) in [4.78, 5) is 25.1. The van der Waals surface area contributed by atoms with Crippen LogP contribution in [0, 0.1) is 12.8 Å². The van der Waals surface area contributed by atoms with Gasteiger partial charge in [-0.25, -0.2) is 8.42 Å². The van der Waals surface area contributed by atoms with Gasteiger partial charge in [-0.3, -0.25) is 14.3 Å². The molecule has 0 bridgehead atoms. The number of sulfonamides is 1. The van der Waals surface area contributed by atoms with Gasteiger partial charge in [0, 0.05) is 29.4 Å². The van der Waals surface area contributed by atoms with Crippen molar-refractivity contribution >= 4 is 33.2 Å². The largest absolute Gasteiger partial charge is 0.348 e. The van der Waals surface area contributed by atoms with Crippen LogP contribution in [0.5, 0.6) is 0 Å². The SMILES string of the molecule is Cc1cccc(NS(=O)(=O)c2cccc(C(=O)NCc3cccc(NC(=O)C4CCCC4)c3)c2)c1. The third kappa shape index (κ3) is 6.48. The van der Waals surface area contributed by atoms with Crippen molar-refractivity contribution in [2.45, 2.75) is 44.0 Å². The van der Waals surface area contributed by atoms with Crippen molar-refractivity contribution in [2.75, 3.05) is 10.0 Å². The Balaban J connectivity index is 1.39. The number of rotatable bonds is 8. The van der Waals surface area contributed by atoms with Crippen LogP contribution in [0.3, 0.4) is 0 Å². The lowest BCUT2D eigenvalue weighted by Crippen LogP contribution is -2.24. The molecule has 0 aromatic heterocycles. The van der Waals surface area contributed by atoms with Gasteiger partial charge in [0.25, 0.3) is 15.9 Å². The van der Waals surface area contributed by atoms with Gasteiger partial charge in [-0.15, -0.1) is 0 Å². The third-order valence-corrected chi connectivity index (χ3v) is 7.43. The number of carbonyl (C=O) groups excluding carboxylic acids is 2. The molecular formula is C27H29N3O4S. The molecule has 1 aliphatic carbocycles. The van der Waals surface area contributed by atoms with Crippen LogP contribution in [0.25, 0.3) is 0 Å². The zero-order valence-corrected chi connectivity index (χ0v) is 20.4. The van der Waals surface area contributed by atoms with Gasteiger partial charge in [0.1, 0.15) is 0 Å². The van der Waals surface area contributed by atoms with Crippen LogP contribution in [-0.4, -0.2) is 20.2 Å². The van der Waals surface area contributed by atoms with E-state index in [1.807, 2.05) is 37.3 Å². The van der Waals surface area contributed by atoms with Crippen LogP contribution in [0.2, 0.25) is 0 Å². The van der Waals surface area contributed by atoms with Crippen molar-refractivity contribution in [3.05, 3.63) is 89.5 Å². The molecule has 0 saturated heterocycles. The van der Waals surface area contributed by atoms with Crippen LogP contribution >= 0.6 is 0 Å². The number of aryl methyl sites for hydroxylation is 1. The fraction of sp³-hybridized carbons (Fsp3) is 0.259. The van der Waals surface area contributed by atoms with Gasteiger partial charge >= 0.3 is 0 Å². The lowest BCUT2D eigenvalue weighted by Gasteiger charge is -2.12. The Hall–Kier alpha value is -3.65. The maximum Gasteiger partial charge on any atom is 0.261 e. The molecular weight excluding hydrogens is 462 g/mol. The molecule has 1 saturated carbocycles. The van der Waals surface area contributed by atoms with Gasteiger partial charge in [0.05, 0.1) is 4.90 Å². The van der Waals surface area contributed by atoms with Gasteiger partial charge in [0.15, 0.2) is 0 Å². The molecule has 0 atom stereocenters. The summed E-state index contributed by atoms with van der Waals surface area (Å²) in [6.07, 6.45) is 4.04. The number of nitrogens with one attached hydrogen (secondary N) is 3. The smallest absolute Gasteiger partial charge is 0.261 e. The summed E-state index contributed by atoms with van der Waals surface area (Å²) >= 11 is 0. The predicted molar refractivity (Wildman–Crippen MR) is 137 cm³/mol. The minimum Gasteiger partial charge on any atom is -0.348 e. The predicted octanol–water partition coefficient (Wildman–Crippen LogP) is 4.85. The van der Waals surface area contributed by atoms with Crippen molar-refractivity contribution in [3.8, 4) is 0 Å². The van der Waals surface area contributed by atoms with Crippen LogP contribution in [0.4, 0.5) is 11.4 Å². The highest BCUT2D eigenvalue weighted by Gasteiger charge is 2.22. The molecule has 0 radical (unpaired) electrons. The molecule has 3 N–H and O–H groups in total. The van der Waals surface area contributed by atoms with Gasteiger partial charge < -0.3 is 10.6 Å². The summed E-state index contributed by atoms with van der Waals surface area (Å²) in [6, 6.07) is 20.3. The van der Waals surface area contributed by atoms with E-state index >= 15 is 0 Å². The fourth-order valence-corrected chi connectivity index (χ4v) is 5.30. The molecule has 182 valence electrons. The van der Waals surface area contributed by atoms with Crippen LogP contribution in [0.1, 0.15) is 47.2 Å². The van der Waals surface area contributed by atoms with Crippen LogP contribution in [-0.2, 0) is 21.4 Å². The minimum absolute atomic E-state index is 0.00304. The third-order valence-electron chi connectivity index (χ3n) is 6.05. The quantitative estimate of drug-likeness (QED) is 0.419. The van der Waals surface area contributed by atoms with Gasteiger partial charge in [-0.1, -0.05) is 43.2 Å². The Kier molecular flexibility index (Phi) is 7.51. The first-order valence-corrected chi connectivity index (χ1v) is 13.2. The fourth-order valence-electron chi connectivity index (χ4n) is 4.20. The molecule has 1 fully saturated rings. The van der Waals surface area contributed by atoms with E-state index in [2.05, 4.69) is 15.4 Å². The Morgan fingerprint density at radius 3 is 2.37 bits per heavy atom. The Morgan fingerprint density at radius 2 is 1.60 bits per heavy atom. The Bertz CT molecular complexity index is 1330. The number of benzene rings is 3. The zero-order valence-electron chi connectivity index (χ0n) is 19.6. The summed E-state index contributed by atoms with van der Waals surface area (Å²) in [5.74, 6) is -0.277. The molecule has 0 spiro atoms. The molecule has 2 amide bonds. The molecule has 8 heteroatoms. The maximum absolute atomic E-state index is 12.8. The van der Waals surface area contributed by atoms with E-state index in [4.69, 9.17) is 0 Å². The van der Waals surface area contributed by atoms with Crippen molar-refractivity contribution < 1.29 is 18.0 Å². The summed E-state index contributed by atoms with van der Waals surface area (Å²) in [5, 5.41) is 5.79. The molecule has 4 rings (SSSR count). The molecule has 7 nitrogen and oxygen atoms in total. The van der Waals surface area contributed by atoms with E-state index in [9.17, 15) is 18.0 Å². The van der Waals surface area contributed by atoms with Gasteiger partial charge in [-0.2, -0.15) is 0 Å².